The number of aromatic nitrogens is 2. The highest BCUT2D eigenvalue weighted by Crippen LogP contribution is 2.47. The molecule has 2 heterocycles. The zero-order valence-corrected chi connectivity index (χ0v) is 20.0. The molecule has 1 aliphatic carbocycles. The molecule has 2 aliphatic rings. The second kappa shape index (κ2) is 8.65. The number of allylic oxidation sites excluding steroid dienone is 3. The summed E-state index contributed by atoms with van der Waals surface area (Å²) in [6.45, 7) is 4.20. The van der Waals surface area contributed by atoms with Crippen LogP contribution in [0.5, 0.6) is 0 Å². The van der Waals surface area contributed by atoms with Crippen LogP contribution >= 0.6 is 23.1 Å². The number of rotatable bonds is 4. The van der Waals surface area contributed by atoms with Crippen LogP contribution in [0.25, 0.3) is 10.8 Å². The average Bonchev–Trinajstić information content (AvgIpc) is 3.25. The van der Waals surface area contributed by atoms with E-state index in [0.29, 0.717) is 40.2 Å². The molecule has 0 amide bonds. The van der Waals surface area contributed by atoms with Crippen LogP contribution in [0.4, 0.5) is 5.13 Å². The molecule has 166 valence electrons. The third-order valence-corrected chi connectivity index (χ3v) is 7.94. The van der Waals surface area contributed by atoms with E-state index >= 15 is 0 Å². The van der Waals surface area contributed by atoms with E-state index in [4.69, 9.17) is 5.73 Å². The summed E-state index contributed by atoms with van der Waals surface area (Å²) in [5, 5.41) is 22.0. The van der Waals surface area contributed by atoms with Crippen LogP contribution in [0, 0.1) is 11.3 Å². The van der Waals surface area contributed by atoms with E-state index in [-0.39, 0.29) is 5.78 Å². The van der Waals surface area contributed by atoms with Crippen molar-refractivity contribution in [3.05, 3.63) is 70.7 Å². The fourth-order valence-electron chi connectivity index (χ4n) is 4.57. The predicted molar refractivity (Wildman–Crippen MR) is 133 cm³/mol. The Morgan fingerprint density at radius 2 is 1.97 bits per heavy atom. The monoisotopic (exact) mass is 473 g/mol. The van der Waals surface area contributed by atoms with Crippen LogP contribution in [-0.2, 0) is 4.79 Å². The average molecular weight is 474 g/mol. The molecule has 3 aromatic rings. The lowest BCUT2D eigenvalue weighted by molar-refractivity contribution is -0.116. The highest BCUT2D eigenvalue weighted by Gasteiger charge is 2.41. The summed E-state index contributed by atoms with van der Waals surface area (Å²) in [6, 6.07) is 16.5. The Labute approximate surface area is 200 Å². The van der Waals surface area contributed by atoms with Crippen molar-refractivity contribution >= 4 is 44.8 Å². The number of hydrogen-bond acceptors (Lipinski definition) is 8. The summed E-state index contributed by atoms with van der Waals surface area (Å²) in [5.41, 5.74) is 9.44. The number of anilines is 1. The first-order valence-corrected chi connectivity index (χ1v) is 12.6. The van der Waals surface area contributed by atoms with E-state index in [2.05, 4.69) is 42.2 Å². The molecule has 8 heteroatoms. The van der Waals surface area contributed by atoms with Gasteiger partial charge in [-0.05, 0) is 29.2 Å². The van der Waals surface area contributed by atoms with Gasteiger partial charge in [-0.1, -0.05) is 79.4 Å². The van der Waals surface area contributed by atoms with Crippen molar-refractivity contribution in [2.24, 2.45) is 5.73 Å². The summed E-state index contributed by atoms with van der Waals surface area (Å²) in [6.07, 6.45) is 1.93. The Morgan fingerprint density at radius 1 is 1.18 bits per heavy atom. The number of hydrogen-bond donors (Lipinski definition) is 1. The largest absolute Gasteiger partial charge is 0.384 e. The van der Waals surface area contributed by atoms with Crippen molar-refractivity contribution in [1.29, 1.82) is 5.26 Å². The van der Waals surface area contributed by atoms with Gasteiger partial charge in [0.1, 0.15) is 5.82 Å². The van der Waals surface area contributed by atoms with Gasteiger partial charge in [-0.15, -0.1) is 10.2 Å². The Morgan fingerprint density at radius 3 is 2.73 bits per heavy atom. The molecule has 2 N–H and O–H groups in total. The van der Waals surface area contributed by atoms with Gasteiger partial charge in [0, 0.05) is 22.9 Å². The number of nitrogens with zero attached hydrogens (tertiary/aromatic N) is 4. The molecule has 1 unspecified atom stereocenters. The van der Waals surface area contributed by atoms with E-state index in [1.807, 2.05) is 30.3 Å². The van der Waals surface area contributed by atoms with Gasteiger partial charge >= 0.3 is 0 Å². The third-order valence-electron chi connectivity index (χ3n) is 5.94. The van der Waals surface area contributed by atoms with E-state index in [1.165, 1.54) is 11.3 Å². The molecule has 0 radical (unpaired) electrons. The first kappa shape index (κ1) is 21.7. The summed E-state index contributed by atoms with van der Waals surface area (Å²) in [7, 11) is 0. The van der Waals surface area contributed by atoms with Gasteiger partial charge in [0.05, 0.1) is 17.6 Å². The number of nitriles is 1. The number of benzene rings is 2. The standard InChI is InChI=1S/C25H23N5OS2/c1-14(2)32-25-29-28-24(33-25)30-19-8-5-9-20(31)22(19)21(18(13-26)23(30)27)17-11-10-15-6-3-4-7-16(15)12-17/h3-4,6-7,10-12,14,21H,5,8-9,27H2,1-2H3. The number of Topliss-reactive ketones (excluding diaryl/α,β-unsaturated/α-hetero) is 1. The zero-order chi connectivity index (χ0) is 23.1. The zero-order valence-electron chi connectivity index (χ0n) is 18.4. The molecule has 0 bridgehead atoms. The predicted octanol–water partition coefficient (Wildman–Crippen LogP) is 5.50. The fraction of sp³-hybridized carbons (Fsp3) is 0.280. The van der Waals surface area contributed by atoms with Gasteiger partial charge < -0.3 is 5.73 Å². The molecule has 1 aliphatic heterocycles. The number of carbonyl (C=O) groups is 1. The lowest BCUT2D eigenvalue weighted by Crippen LogP contribution is -2.38. The molecule has 0 spiro atoms. The first-order valence-electron chi connectivity index (χ1n) is 10.9. The van der Waals surface area contributed by atoms with Crippen molar-refractivity contribution in [2.75, 3.05) is 4.90 Å². The van der Waals surface area contributed by atoms with Crippen molar-refractivity contribution in [3.63, 3.8) is 0 Å². The Hall–Kier alpha value is -3.15. The van der Waals surface area contributed by atoms with Crippen LogP contribution in [0.2, 0.25) is 0 Å². The highest BCUT2D eigenvalue weighted by atomic mass is 32.2. The van der Waals surface area contributed by atoms with Crippen molar-refractivity contribution in [1.82, 2.24) is 10.2 Å². The topological polar surface area (TPSA) is 95.9 Å². The van der Waals surface area contributed by atoms with Crippen LogP contribution in [0.15, 0.2) is 69.5 Å². The van der Waals surface area contributed by atoms with Gasteiger partial charge in [0.15, 0.2) is 10.1 Å². The van der Waals surface area contributed by atoms with Gasteiger partial charge in [-0.25, -0.2) is 0 Å². The molecule has 33 heavy (non-hydrogen) atoms. The van der Waals surface area contributed by atoms with E-state index < -0.39 is 5.92 Å². The number of carbonyl (C=O) groups excluding carboxylic acids is 1. The molecule has 0 saturated carbocycles. The fourth-order valence-corrected chi connectivity index (χ4v) is 6.67. The van der Waals surface area contributed by atoms with E-state index in [1.54, 1.807) is 16.7 Å². The molecule has 0 fully saturated rings. The second-order valence-electron chi connectivity index (χ2n) is 8.44. The molecule has 6 nitrogen and oxygen atoms in total. The van der Waals surface area contributed by atoms with E-state index in [0.717, 1.165) is 32.8 Å². The number of fused-ring (bicyclic) bond motifs is 1. The molecule has 0 saturated heterocycles. The minimum Gasteiger partial charge on any atom is -0.384 e. The van der Waals surface area contributed by atoms with Gasteiger partial charge in [-0.2, -0.15) is 5.26 Å². The Bertz CT molecular complexity index is 1360. The number of ketones is 1. The lowest BCUT2D eigenvalue weighted by atomic mass is 9.75. The molecule has 5 rings (SSSR count). The number of thioether (sulfide) groups is 1. The smallest absolute Gasteiger partial charge is 0.219 e. The normalized spacial score (nSPS) is 18.8. The number of nitrogens with two attached hydrogens (primary N) is 1. The van der Waals surface area contributed by atoms with Crippen LogP contribution in [-0.4, -0.2) is 21.2 Å². The van der Waals surface area contributed by atoms with Gasteiger partial charge in [0.2, 0.25) is 5.13 Å². The minimum atomic E-state index is -0.476. The molecule has 1 aromatic heterocycles. The maximum absolute atomic E-state index is 13.3. The first-order chi connectivity index (χ1) is 16.0. The molecular weight excluding hydrogens is 450 g/mol. The summed E-state index contributed by atoms with van der Waals surface area (Å²) < 4.78 is 0.840. The Kier molecular flexibility index (Phi) is 5.69. The molecular formula is C25H23N5OS2. The summed E-state index contributed by atoms with van der Waals surface area (Å²) >= 11 is 3.07. The minimum absolute atomic E-state index is 0.0703. The Balaban J connectivity index is 1.68. The molecule has 1 atom stereocenters. The quantitative estimate of drug-likeness (QED) is 0.500. The SMILES string of the molecule is CC(C)Sc1nnc(N2C(N)=C(C#N)C(c3ccc4ccccc4c3)C3=C2CCCC3=O)s1. The molecule has 2 aromatic carbocycles. The third kappa shape index (κ3) is 3.81. The highest BCUT2D eigenvalue weighted by molar-refractivity contribution is 8.01. The maximum Gasteiger partial charge on any atom is 0.219 e. The van der Waals surface area contributed by atoms with Gasteiger partial charge in [-0.3, -0.25) is 9.69 Å². The maximum atomic E-state index is 13.3. The summed E-state index contributed by atoms with van der Waals surface area (Å²) in [5.74, 6) is -0.0709. The van der Waals surface area contributed by atoms with Crippen molar-refractivity contribution in [3.8, 4) is 6.07 Å². The van der Waals surface area contributed by atoms with Crippen molar-refractivity contribution in [2.45, 2.75) is 48.6 Å². The summed E-state index contributed by atoms with van der Waals surface area (Å²) in [4.78, 5) is 15.1. The van der Waals surface area contributed by atoms with Gasteiger partial charge in [0.25, 0.3) is 0 Å². The second-order valence-corrected chi connectivity index (χ2v) is 11.2. The lowest BCUT2D eigenvalue weighted by Gasteiger charge is -2.38. The van der Waals surface area contributed by atoms with Crippen LogP contribution < -0.4 is 10.6 Å². The van der Waals surface area contributed by atoms with Crippen molar-refractivity contribution < 1.29 is 4.79 Å². The van der Waals surface area contributed by atoms with Crippen LogP contribution in [0.1, 0.15) is 44.6 Å². The van der Waals surface area contributed by atoms with Crippen LogP contribution in [0.3, 0.4) is 0 Å². The van der Waals surface area contributed by atoms with E-state index in [9.17, 15) is 10.1 Å².